The summed E-state index contributed by atoms with van der Waals surface area (Å²) in [6, 6.07) is 5.54. The minimum Gasteiger partial charge on any atom is -0.369 e. The van der Waals surface area contributed by atoms with E-state index < -0.39 is 11.7 Å². The summed E-state index contributed by atoms with van der Waals surface area (Å²) < 4.78 is 43.7. The number of piperazine rings is 1. The number of nitrogens with zero attached hydrogens (tertiary/aromatic N) is 3. The molecule has 0 bridgehead atoms. The van der Waals surface area contributed by atoms with Gasteiger partial charge in [0.05, 0.1) is 11.3 Å². The van der Waals surface area contributed by atoms with Crippen LogP contribution in [0.25, 0.3) is 0 Å². The minimum atomic E-state index is -4.30. The lowest BCUT2D eigenvalue weighted by molar-refractivity contribution is -0.137. The van der Waals surface area contributed by atoms with Crippen LogP contribution in [0.1, 0.15) is 22.6 Å². The molecule has 0 saturated carbocycles. The summed E-state index contributed by atoms with van der Waals surface area (Å²) in [5.74, 6) is 0.827. The van der Waals surface area contributed by atoms with E-state index in [4.69, 9.17) is 4.52 Å². The topological polar surface area (TPSA) is 32.5 Å². The van der Waals surface area contributed by atoms with E-state index in [1.165, 1.54) is 12.1 Å². The van der Waals surface area contributed by atoms with Crippen molar-refractivity contribution < 1.29 is 17.7 Å². The Morgan fingerprint density at radius 1 is 1.12 bits per heavy atom. The van der Waals surface area contributed by atoms with E-state index >= 15 is 0 Å². The molecule has 1 aliphatic rings. The zero-order valence-electron chi connectivity index (χ0n) is 13.7. The highest BCUT2D eigenvalue weighted by Crippen LogP contribution is 2.32. The molecule has 1 aromatic carbocycles. The third-order valence-corrected chi connectivity index (χ3v) is 4.47. The summed E-state index contributed by atoms with van der Waals surface area (Å²) in [5, 5.41) is 3.96. The number of benzene rings is 1. The van der Waals surface area contributed by atoms with Crippen molar-refractivity contribution in [1.82, 2.24) is 10.1 Å². The number of hydrogen-bond acceptors (Lipinski definition) is 4. The van der Waals surface area contributed by atoms with Crippen LogP contribution in [0.15, 0.2) is 28.8 Å². The van der Waals surface area contributed by atoms with Crippen LogP contribution in [0, 0.1) is 13.8 Å². The Bertz CT molecular complexity index is 684. The Kier molecular flexibility index (Phi) is 4.54. The Labute approximate surface area is 138 Å². The molecule has 4 nitrogen and oxygen atoms in total. The molecular formula is C17H20F3N3O. The maximum absolute atomic E-state index is 12.8. The molecule has 0 radical (unpaired) electrons. The van der Waals surface area contributed by atoms with Gasteiger partial charge in [-0.3, -0.25) is 4.90 Å². The normalized spacial score (nSPS) is 16.6. The lowest BCUT2D eigenvalue weighted by Crippen LogP contribution is -2.46. The Hall–Kier alpha value is -2.02. The molecule has 0 amide bonds. The molecule has 24 heavy (non-hydrogen) atoms. The smallest absolute Gasteiger partial charge is 0.369 e. The Morgan fingerprint density at radius 2 is 1.83 bits per heavy atom. The first-order valence-electron chi connectivity index (χ1n) is 7.91. The number of hydrogen-bond donors (Lipinski definition) is 0. The van der Waals surface area contributed by atoms with Crippen molar-refractivity contribution in [1.29, 1.82) is 0 Å². The van der Waals surface area contributed by atoms with Crippen molar-refractivity contribution in [2.24, 2.45) is 0 Å². The van der Waals surface area contributed by atoms with Gasteiger partial charge in [0.1, 0.15) is 5.76 Å². The Balaban J connectivity index is 1.63. The highest BCUT2D eigenvalue weighted by molar-refractivity contribution is 5.49. The van der Waals surface area contributed by atoms with Gasteiger partial charge >= 0.3 is 6.18 Å². The molecule has 1 saturated heterocycles. The molecular weight excluding hydrogens is 319 g/mol. The average molecular weight is 339 g/mol. The van der Waals surface area contributed by atoms with Gasteiger partial charge in [-0.1, -0.05) is 11.2 Å². The highest BCUT2D eigenvalue weighted by atomic mass is 19.4. The van der Waals surface area contributed by atoms with Crippen LogP contribution in [0.3, 0.4) is 0 Å². The van der Waals surface area contributed by atoms with E-state index in [9.17, 15) is 13.2 Å². The molecule has 1 fully saturated rings. The lowest BCUT2D eigenvalue weighted by Gasteiger charge is -2.36. The van der Waals surface area contributed by atoms with Gasteiger partial charge < -0.3 is 9.42 Å². The maximum atomic E-state index is 12.8. The maximum Gasteiger partial charge on any atom is 0.416 e. The fourth-order valence-electron chi connectivity index (χ4n) is 2.99. The van der Waals surface area contributed by atoms with Crippen LogP contribution in [0.5, 0.6) is 0 Å². The van der Waals surface area contributed by atoms with Crippen molar-refractivity contribution in [2.45, 2.75) is 26.6 Å². The molecule has 3 rings (SSSR count). The zero-order valence-corrected chi connectivity index (χ0v) is 13.7. The first-order valence-corrected chi connectivity index (χ1v) is 7.91. The van der Waals surface area contributed by atoms with Crippen molar-refractivity contribution in [2.75, 3.05) is 31.1 Å². The molecule has 0 spiro atoms. The first-order chi connectivity index (χ1) is 11.3. The summed E-state index contributed by atoms with van der Waals surface area (Å²) >= 11 is 0. The molecule has 0 aliphatic carbocycles. The van der Waals surface area contributed by atoms with E-state index in [0.29, 0.717) is 18.8 Å². The molecule has 7 heteroatoms. The second-order valence-corrected chi connectivity index (χ2v) is 6.11. The van der Waals surface area contributed by atoms with Crippen molar-refractivity contribution >= 4 is 5.69 Å². The molecule has 1 aliphatic heterocycles. The van der Waals surface area contributed by atoms with Crippen molar-refractivity contribution in [3.63, 3.8) is 0 Å². The van der Waals surface area contributed by atoms with Gasteiger partial charge in [0.15, 0.2) is 0 Å². The van der Waals surface area contributed by atoms with Crippen LogP contribution < -0.4 is 4.90 Å². The number of rotatable bonds is 3. The fourth-order valence-corrected chi connectivity index (χ4v) is 2.99. The molecule has 0 unspecified atom stereocenters. The van der Waals surface area contributed by atoms with E-state index in [1.807, 2.05) is 18.7 Å². The van der Waals surface area contributed by atoms with Crippen LogP contribution in [-0.2, 0) is 12.7 Å². The standard InChI is InChI=1S/C17H20F3N3O/c1-12-16(13(2)24-21-12)11-22-6-8-23(9-7-22)15-5-3-4-14(10-15)17(18,19)20/h3-5,10H,6-9,11H2,1-2H3. The summed E-state index contributed by atoms with van der Waals surface area (Å²) in [6.45, 7) is 7.56. The summed E-state index contributed by atoms with van der Waals surface area (Å²) in [4.78, 5) is 4.27. The van der Waals surface area contributed by atoms with Gasteiger partial charge in [-0.25, -0.2) is 0 Å². The summed E-state index contributed by atoms with van der Waals surface area (Å²) in [7, 11) is 0. The molecule has 0 atom stereocenters. The van der Waals surface area contributed by atoms with Gasteiger partial charge in [-0.2, -0.15) is 13.2 Å². The van der Waals surface area contributed by atoms with Gasteiger partial charge in [0, 0.05) is 44.0 Å². The predicted octanol–water partition coefficient (Wildman–Crippen LogP) is 3.63. The lowest BCUT2D eigenvalue weighted by atomic mass is 10.1. The Morgan fingerprint density at radius 3 is 2.42 bits per heavy atom. The summed E-state index contributed by atoms with van der Waals surface area (Å²) in [5.41, 5.74) is 2.02. The van der Waals surface area contributed by atoms with Gasteiger partial charge in [-0.05, 0) is 32.0 Å². The average Bonchev–Trinajstić information content (AvgIpc) is 2.87. The highest BCUT2D eigenvalue weighted by Gasteiger charge is 2.31. The van der Waals surface area contributed by atoms with Crippen molar-refractivity contribution in [3.8, 4) is 0 Å². The molecule has 1 aromatic heterocycles. The number of aromatic nitrogens is 1. The van der Waals surface area contributed by atoms with Gasteiger partial charge in [0.2, 0.25) is 0 Å². The van der Waals surface area contributed by atoms with Crippen molar-refractivity contribution in [3.05, 3.63) is 46.8 Å². The third-order valence-electron chi connectivity index (χ3n) is 4.47. The van der Waals surface area contributed by atoms with E-state index in [0.717, 1.165) is 42.7 Å². The number of alkyl halides is 3. The van der Waals surface area contributed by atoms with E-state index in [-0.39, 0.29) is 0 Å². The SMILES string of the molecule is Cc1noc(C)c1CN1CCN(c2cccc(C(F)(F)F)c2)CC1. The van der Waals surface area contributed by atoms with Crippen LogP contribution in [0.2, 0.25) is 0 Å². The van der Waals surface area contributed by atoms with Gasteiger partial charge in [-0.15, -0.1) is 0 Å². The second kappa shape index (κ2) is 6.47. The second-order valence-electron chi connectivity index (χ2n) is 6.11. The minimum absolute atomic E-state index is 0.599. The quantitative estimate of drug-likeness (QED) is 0.855. The van der Waals surface area contributed by atoms with Crippen LogP contribution >= 0.6 is 0 Å². The van der Waals surface area contributed by atoms with Gasteiger partial charge in [0.25, 0.3) is 0 Å². The van der Waals surface area contributed by atoms with E-state index in [1.54, 1.807) is 6.07 Å². The summed E-state index contributed by atoms with van der Waals surface area (Å²) in [6.07, 6.45) is -4.30. The largest absolute Gasteiger partial charge is 0.416 e. The number of anilines is 1. The van der Waals surface area contributed by atoms with Crippen LogP contribution in [0.4, 0.5) is 18.9 Å². The molecule has 0 N–H and O–H groups in total. The monoisotopic (exact) mass is 339 g/mol. The first kappa shape index (κ1) is 16.8. The predicted molar refractivity (Wildman–Crippen MR) is 84.9 cm³/mol. The molecule has 2 aromatic rings. The van der Waals surface area contributed by atoms with Crippen LogP contribution in [-0.4, -0.2) is 36.2 Å². The molecule has 2 heterocycles. The third kappa shape index (κ3) is 3.56. The van der Waals surface area contributed by atoms with E-state index in [2.05, 4.69) is 10.1 Å². The zero-order chi connectivity index (χ0) is 17.3. The fraction of sp³-hybridized carbons (Fsp3) is 0.471. The molecule has 130 valence electrons. The number of aryl methyl sites for hydroxylation is 2. The number of halogens is 3.